The van der Waals surface area contributed by atoms with Crippen LogP contribution in [-0.2, 0) is 4.79 Å². The van der Waals surface area contributed by atoms with Gasteiger partial charge in [-0.25, -0.2) is 4.98 Å². The van der Waals surface area contributed by atoms with Crippen molar-refractivity contribution in [2.45, 2.75) is 19.9 Å². The zero-order valence-electron chi connectivity index (χ0n) is 13.4. The number of nitrogens with zero attached hydrogens (tertiary/aromatic N) is 1. The van der Waals surface area contributed by atoms with Gasteiger partial charge in [-0.1, -0.05) is 53.5 Å². The van der Waals surface area contributed by atoms with Crippen molar-refractivity contribution in [3.8, 4) is 22.8 Å². The SMILES string of the molecule is CC(=O)NC(C)C#Cc1cnc(Oc2ccc3ccccc3c2)s1. The van der Waals surface area contributed by atoms with E-state index >= 15 is 0 Å². The zero-order valence-corrected chi connectivity index (χ0v) is 14.2. The van der Waals surface area contributed by atoms with Crippen LogP contribution in [0.25, 0.3) is 10.8 Å². The van der Waals surface area contributed by atoms with Gasteiger partial charge in [-0.3, -0.25) is 4.79 Å². The van der Waals surface area contributed by atoms with Gasteiger partial charge < -0.3 is 10.1 Å². The van der Waals surface area contributed by atoms with Gasteiger partial charge in [0.1, 0.15) is 10.6 Å². The summed E-state index contributed by atoms with van der Waals surface area (Å²) in [5.41, 5.74) is 0. The Kier molecular flexibility index (Phi) is 4.78. The quantitative estimate of drug-likeness (QED) is 0.737. The number of amides is 1. The summed E-state index contributed by atoms with van der Waals surface area (Å²) in [6.45, 7) is 3.31. The Bertz CT molecular complexity index is 937. The second-order valence-corrected chi connectivity index (χ2v) is 6.29. The molecule has 1 N–H and O–H groups in total. The molecule has 0 aliphatic heterocycles. The van der Waals surface area contributed by atoms with Gasteiger partial charge in [-0.05, 0) is 29.8 Å². The van der Waals surface area contributed by atoms with Crippen LogP contribution in [0.1, 0.15) is 18.7 Å². The van der Waals surface area contributed by atoms with E-state index in [9.17, 15) is 4.79 Å². The van der Waals surface area contributed by atoms with E-state index in [4.69, 9.17) is 4.74 Å². The molecule has 1 unspecified atom stereocenters. The molecule has 3 rings (SSSR count). The van der Waals surface area contributed by atoms with Crippen molar-refractivity contribution in [1.29, 1.82) is 0 Å². The van der Waals surface area contributed by atoms with E-state index in [2.05, 4.69) is 28.2 Å². The lowest BCUT2D eigenvalue weighted by Gasteiger charge is -2.03. The number of hydrogen-bond donors (Lipinski definition) is 1. The molecule has 3 aromatic rings. The van der Waals surface area contributed by atoms with Crippen molar-refractivity contribution in [3.05, 3.63) is 53.5 Å². The molecule has 0 radical (unpaired) electrons. The molecule has 5 heteroatoms. The highest BCUT2D eigenvalue weighted by Crippen LogP contribution is 2.28. The van der Waals surface area contributed by atoms with Gasteiger partial charge in [-0.15, -0.1) is 0 Å². The number of thiazole rings is 1. The van der Waals surface area contributed by atoms with E-state index in [0.717, 1.165) is 16.0 Å². The Labute approximate surface area is 144 Å². The van der Waals surface area contributed by atoms with Gasteiger partial charge in [0, 0.05) is 6.92 Å². The average molecular weight is 336 g/mol. The van der Waals surface area contributed by atoms with E-state index in [-0.39, 0.29) is 11.9 Å². The Morgan fingerprint density at radius 2 is 2.04 bits per heavy atom. The molecule has 24 heavy (non-hydrogen) atoms. The van der Waals surface area contributed by atoms with Crippen LogP contribution in [0.4, 0.5) is 0 Å². The number of carbonyl (C=O) groups is 1. The lowest BCUT2D eigenvalue weighted by molar-refractivity contribution is -0.119. The second kappa shape index (κ2) is 7.16. The first-order chi connectivity index (χ1) is 11.6. The van der Waals surface area contributed by atoms with Crippen molar-refractivity contribution in [2.75, 3.05) is 0 Å². The lowest BCUT2D eigenvalue weighted by Crippen LogP contribution is -2.28. The predicted molar refractivity (Wildman–Crippen MR) is 96.3 cm³/mol. The first-order valence-electron chi connectivity index (χ1n) is 7.51. The third-order valence-corrected chi connectivity index (χ3v) is 4.03. The van der Waals surface area contributed by atoms with Crippen molar-refractivity contribution in [3.63, 3.8) is 0 Å². The van der Waals surface area contributed by atoms with Crippen LogP contribution < -0.4 is 10.1 Å². The highest BCUT2D eigenvalue weighted by atomic mass is 32.1. The minimum Gasteiger partial charge on any atom is -0.431 e. The molecule has 0 bridgehead atoms. The summed E-state index contributed by atoms with van der Waals surface area (Å²) >= 11 is 1.37. The Morgan fingerprint density at radius 3 is 2.83 bits per heavy atom. The molecule has 2 aromatic carbocycles. The maximum atomic E-state index is 11.0. The molecule has 1 aromatic heterocycles. The minimum atomic E-state index is -0.200. The molecule has 1 atom stereocenters. The number of ether oxygens (including phenoxy) is 1. The van der Waals surface area contributed by atoms with E-state index in [1.807, 2.05) is 43.3 Å². The monoisotopic (exact) mass is 336 g/mol. The molecule has 1 amide bonds. The van der Waals surface area contributed by atoms with Gasteiger partial charge in [0.05, 0.1) is 12.2 Å². The largest absolute Gasteiger partial charge is 0.431 e. The molecular weight excluding hydrogens is 320 g/mol. The number of hydrogen-bond acceptors (Lipinski definition) is 4. The summed E-state index contributed by atoms with van der Waals surface area (Å²) in [6, 6.07) is 13.9. The smallest absolute Gasteiger partial charge is 0.279 e. The molecule has 0 fully saturated rings. The number of fused-ring (bicyclic) bond motifs is 1. The fourth-order valence-corrected chi connectivity index (χ4v) is 2.86. The summed E-state index contributed by atoms with van der Waals surface area (Å²) < 4.78 is 5.81. The Hall–Kier alpha value is -2.84. The predicted octanol–water partition coefficient (Wildman–Crippen LogP) is 3.96. The van der Waals surface area contributed by atoms with E-state index in [1.54, 1.807) is 6.20 Å². The number of rotatable bonds is 3. The molecule has 0 spiro atoms. The highest BCUT2D eigenvalue weighted by molar-refractivity contribution is 7.13. The van der Waals surface area contributed by atoms with Crippen molar-refractivity contribution in [2.24, 2.45) is 0 Å². The minimum absolute atomic E-state index is 0.0959. The summed E-state index contributed by atoms with van der Waals surface area (Å²) in [6.07, 6.45) is 1.68. The van der Waals surface area contributed by atoms with Gasteiger partial charge in [0.2, 0.25) is 5.91 Å². The molecule has 120 valence electrons. The van der Waals surface area contributed by atoms with Gasteiger partial charge in [0.15, 0.2) is 0 Å². The van der Waals surface area contributed by atoms with Crippen LogP contribution in [0.15, 0.2) is 48.7 Å². The topological polar surface area (TPSA) is 51.2 Å². The molecule has 4 nitrogen and oxygen atoms in total. The van der Waals surface area contributed by atoms with Gasteiger partial charge >= 0.3 is 0 Å². The van der Waals surface area contributed by atoms with Crippen molar-refractivity contribution >= 4 is 28.0 Å². The van der Waals surface area contributed by atoms with Crippen LogP contribution >= 0.6 is 11.3 Å². The first kappa shape index (κ1) is 16.0. The van der Waals surface area contributed by atoms with Crippen LogP contribution in [0.3, 0.4) is 0 Å². The zero-order chi connectivity index (χ0) is 16.9. The molecule has 1 heterocycles. The second-order valence-electron chi connectivity index (χ2n) is 5.29. The van der Waals surface area contributed by atoms with Crippen LogP contribution in [0, 0.1) is 11.8 Å². The summed E-state index contributed by atoms with van der Waals surface area (Å²) in [7, 11) is 0. The fourth-order valence-electron chi connectivity index (χ4n) is 2.22. The number of benzene rings is 2. The Balaban J connectivity index is 1.71. The third-order valence-electron chi connectivity index (χ3n) is 3.24. The highest BCUT2D eigenvalue weighted by Gasteiger charge is 2.04. The average Bonchev–Trinajstić information content (AvgIpc) is 3.00. The van der Waals surface area contributed by atoms with Crippen LogP contribution in [-0.4, -0.2) is 16.9 Å². The summed E-state index contributed by atoms with van der Waals surface area (Å²) in [5, 5.41) is 5.55. The summed E-state index contributed by atoms with van der Waals surface area (Å²) in [4.78, 5) is 16.0. The van der Waals surface area contributed by atoms with Crippen LogP contribution in [0.2, 0.25) is 0 Å². The molecule has 0 aliphatic carbocycles. The van der Waals surface area contributed by atoms with E-state index in [0.29, 0.717) is 5.19 Å². The van der Waals surface area contributed by atoms with Crippen molar-refractivity contribution < 1.29 is 9.53 Å². The first-order valence-corrected chi connectivity index (χ1v) is 8.33. The molecule has 0 aliphatic rings. The summed E-state index contributed by atoms with van der Waals surface area (Å²) in [5.74, 6) is 6.61. The number of aromatic nitrogens is 1. The third kappa shape index (κ3) is 4.12. The molecule has 0 saturated heterocycles. The standard InChI is InChI=1S/C19H16N2O2S/c1-13(21-14(2)22)7-10-18-12-20-19(24-18)23-17-9-8-15-5-3-4-6-16(15)11-17/h3-6,8-9,11-13H,1-2H3,(H,21,22). The van der Waals surface area contributed by atoms with Gasteiger partial charge in [0.25, 0.3) is 5.19 Å². The van der Waals surface area contributed by atoms with E-state index < -0.39 is 0 Å². The maximum Gasteiger partial charge on any atom is 0.279 e. The molecular formula is C19H16N2O2S. The lowest BCUT2D eigenvalue weighted by atomic mass is 10.1. The van der Waals surface area contributed by atoms with Crippen molar-refractivity contribution in [1.82, 2.24) is 10.3 Å². The van der Waals surface area contributed by atoms with Crippen LogP contribution in [0.5, 0.6) is 10.9 Å². The maximum absolute atomic E-state index is 11.0. The normalized spacial score (nSPS) is 11.4. The molecule has 0 saturated carbocycles. The van der Waals surface area contributed by atoms with E-state index in [1.165, 1.54) is 23.6 Å². The Morgan fingerprint density at radius 1 is 1.25 bits per heavy atom. The number of carbonyl (C=O) groups excluding carboxylic acids is 1. The van der Waals surface area contributed by atoms with Gasteiger partial charge in [-0.2, -0.15) is 0 Å². The number of nitrogens with one attached hydrogen (secondary N) is 1. The fraction of sp³-hybridized carbons (Fsp3) is 0.158.